The molecule has 0 fully saturated rings. The molecule has 1 rings (SSSR count). The minimum atomic E-state index is -0.860. The van der Waals surface area contributed by atoms with Gasteiger partial charge in [0.05, 0.1) is 6.42 Å². The summed E-state index contributed by atoms with van der Waals surface area (Å²) in [5.41, 5.74) is 0. The van der Waals surface area contributed by atoms with Crippen LogP contribution in [0.1, 0.15) is 37.5 Å². The highest BCUT2D eigenvalue weighted by atomic mass is 32.1. The average Bonchev–Trinajstić information content (AvgIpc) is 2.82. The van der Waals surface area contributed by atoms with Gasteiger partial charge in [0.25, 0.3) is 0 Å². The Kier molecular flexibility index (Phi) is 5.85. The average molecular weight is 269 g/mol. The van der Waals surface area contributed by atoms with E-state index in [1.165, 1.54) is 11.3 Å². The third-order valence-corrected chi connectivity index (χ3v) is 3.94. The molecule has 0 aromatic carbocycles. The van der Waals surface area contributed by atoms with Crippen molar-refractivity contribution in [3.8, 4) is 0 Å². The Morgan fingerprint density at radius 1 is 1.33 bits per heavy atom. The highest BCUT2D eigenvalue weighted by Gasteiger charge is 2.22. The van der Waals surface area contributed by atoms with Gasteiger partial charge in [-0.15, -0.1) is 11.3 Å². The van der Waals surface area contributed by atoms with E-state index in [1.54, 1.807) is 4.90 Å². The standard InChI is InChI=1S/C13H19NO3S/c1-3-14(4-2)12(15)8-10(9-13(16)17)11-6-5-7-18-11/h5-7,10H,3-4,8-9H2,1-2H3,(H,16,17)/t10-/m1/s1. The van der Waals surface area contributed by atoms with Crippen molar-refractivity contribution in [1.82, 2.24) is 4.90 Å². The van der Waals surface area contributed by atoms with Crippen molar-refractivity contribution >= 4 is 23.2 Å². The van der Waals surface area contributed by atoms with Crippen LogP contribution in [0.5, 0.6) is 0 Å². The van der Waals surface area contributed by atoms with E-state index in [0.29, 0.717) is 13.1 Å². The number of hydrogen-bond acceptors (Lipinski definition) is 3. The fourth-order valence-electron chi connectivity index (χ4n) is 1.92. The van der Waals surface area contributed by atoms with E-state index >= 15 is 0 Å². The van der Waals surface area contributed by atoms with E-state index in [1.807, 2.05) is 31.4 Å². The molecular weight excluding hydrogens is 250 g/mol. The van der Waals surface area contributed by atoms with Crippen LogP contribution in [0, 0.1) is 0 Å². The van der Waals surface area contributed by atoms with Gasteiger partial charge in [0.1, 0.15) is 0 Å². The van der Waals surface area contributed by atoms with Gasteiger partial charge in [-0.1, -0.05) is 6.07 Å². The van der Waals surface area contributed by atoms with Crippen LogP contribution in [0.4, 0.5) is 0 Å². The van der Waals surface area contributed by atoms with Crippen molar-refractivity contribution in [3.05, 3.63) is 22.4 Å². The molecule has 0 unspecified atom stereocenters. The molecule has 5 heteroatoms. The Morgan fingerprint density at radius 3 is 2.44 bits per heavy atom. The van der Waals surface area contributed by atoms with Crippen molar-refractivity contribution in [3.63, 3.8) is 0 Å². The fourth-order valence-corrected chi connectivity index (χ4v) is 2.75. The molecule has 1 amide bonds. The van der Waals surface area contributed by atoms with Crippen molar-refractivity contribution < 1.29 is 14.7 Å². The zero-order valence-corrected chi connectivity index (χ0v) is 11.6. The second kappa shape index (κ2) is 7.16. The smallest absolute Gasteiger partial charge is 0.304 e. The largest absolute Gasteiger partial charge is 0.481 e. The maximum absolute atomic E-state index is 12.0. The van der Waals surface area contributed by atoms with Gasteiger partial charge in [-0.05, 0) is 25.3 Å². The van der Waals surface area contributed by atoms with E-state index in [2.05, 4.69) is 0 Å². The minimum Gasteiger partial charge on any atom is -0.481 e. The molecule has 1 aromatic rings. The quantitative estimate of drug-likeness (QED) is 0.827. The normalized spacial score (nSPS) is 12.1. The molecule has 0 aliphatic carbocycles. The molecule has 0 aliphatic heterocycles. The molecule has 0 saturated heterocycles. The first-order valence-electron chi connectivity index (χ1n) is 6.11. The van der Waals surface area contributed by atoms with Crippen LogP contribution >= 0.6 is 11.3 Å². The van der Waals surface area contributed by atoms with Crippen LogP contribution in [0.3, 0.4) is 0 Å². The van der Waals surface area contributed by atoms with Gasteiger partial charge in [0.2, 0.25) is 5.91 Å². The van der Waals surface area contributed by atoms with Gasteiger partial charge in [0.15, 0.2) is 0 Å². The highest BCUT2D eigenvalue weighted by molar-refractivity contribution is 7.10. The summed E-state index contributed by atoms with van der Waals surface area (Å²) in [4.78, 5) is 25.6. The first kappa shape index (κ1) is 14.7. The molecule has 4 nitrogen and oxygen atoms in total. The number of carboxylic acid groups (broad SMARTS) is 1. The number of rotatable bonds is 7. The summed E-state index contributed by atoms with van der Waals surface area (Å²) in [6.45, 7) is 5.19. The van der Waals surface area contributed by atoms with Gasteiger partial charge in [0, 0.05) is 30.3 Å². The zero-order valence-electron chi connectivity index (χ0n) is 10.8. The Labute approximate surface area is 111 Å². The number of hydrogen-bond donors (Lipinski definition) is 1. The molecule has 0 radical (unpaired) electrons. The fraction of sp³-hybridized carbons (Fsp3) is 0.538. The van der Waals surface area contributed by atoms with Gasteiger partial charge in [-0.25, -0.2) is 0 Å². The first-order chi connectivity index (χ1) is 8.58. The van der Waals surface area contributed by atoms with Crippen LogP contribution in [0.25, 0.3) is 0 Å². The molecular formula is C13H19NO3S. The Morgan fingerprint density at radius 2 is 2.00 bits per heavy atom. The molecule has 0 aliphatic rings. The number of nitrogens with zero attached hydrogens (tertiary/aromatic N) is 1. The maximum Gasteiger partial charge on any atom is 0.304 e. The molecule has 1 aromatic heterocycles. The predicted octanol–water partition coefficient (Wildman–Crippen LogP) is 2.56. The Hall–Kier alpha value is -1.36. The van der Waals surface area contributed by atoms with Crippen molar-refractivity contribution in [2.75, 3.05) is 13.1 Å². The van der Waals surface area contributed by atoms with E-state index in [4.69, 9.17) is 5.11 Å². The number of carboxylic acids is 1. The van der Waals surface area contributed by atoms with E-state index in [-0.39, 0.29) is 24.7 Å². The summed E-state index contributed by atoms with van der Waals surface area (Å²) in [5.74, 6) is -1.05. The first-order valence-corrected chi connectivity index (χ1v) is 6.99. The third-order valence-electron chi connectivity index (χ3n) is 2.90. The van der Waals surface area contributed by atoms with Gasteiger partial charge in [-0.2, -0.15) is 0 Å². The number of amides is 1. The van der Waals surface area contributed by atoms with Crippen molar-refractivity contribution in [1.29, 1.82) is 0 Å². The topological polar surface area (TPSA) is 57.6 Å². The minimum absolute atomic E-state index is 0.00746. The van der Waals surface area contributed by atoms with E-state index in [0.717, 1.165) is 4.88 Å². The summed E-state index contributed by atoms with van der Waals surface area (Å²) in [6, 6.07) is 3.78. The summed E-state index contributed by atoms with van der Waals surface area (Å²) < 4.78 is 0. The number of carbonyl (C=O) groups excluding carboxylic acids is 1. The second-order valence-electron chi connectivity index (χ2n) is 4.08. The van der Waals surface area contributed by atoms with Gasteiger partial charge < -0.3 is 10.0 Å². The van der Waals surface area contributed by atoms with E-state index < -0.39 is 5.97 Å². The molecule has 0 saturated carbocycles. The summed E-state index contributed by atoms with van der Waals surface area (Å²) in [5, 5.41) is 10.8. The van der Waals surface area contributed by atoms with Crippen LogP contribution in [-0.2, 0) is 9.59 Å². The molecule has 100 valence electrons. The van der Waals surface area contributed by atoms with Crippen molar-refractivity contribution in [2.45, 2.75) is 32.6 Å². The number of thiophene rings is 1. The predicted molar refractivity (Wildman–Crippen MR) is 71.9 cm³/mol. The second-order valence-corrected chi connectivity index (χ2v) is 5.06. The highest BCUT2D eigenvalue weighted by Crippen LogP contribution is 2.28. The Bertz CT molecular complexity index is 385. The number of aliphatic carboxylic acids is 1. The van der Waals surface area contributed by atoms with Gasteiger partial charge in [-0.3, -0.25) is 9.59 Å². The molecule has 1 N–H and O–H groups in total. The number of carbonyl (C=O) groups is 2. The summed E-state index contributed by atoms with van der Waals surface area (Å²) >= 11 is 1.51. The molecule has 1 atom stereocenters. The van der Waals surface area contributed by atoms with Crippen LogP contribution in [0.2, 0.25) is 0 Å². The lowest BCUT2D eigenvalue weighted by molar-refractivity contribution is -0.137. The van der Waals surface area contributed by atoms with Crippen LogP contribution in [-0.4, -0.2) is 35.0 Å². The molecule has 0 spiro atoms. The Balaban J connectivity index is 2.73. The lowest BCUT2D eigenvalue weighted by Crippen LogP contribution is -2.31. The summed E-state index contributed by atoms with van der Waals surface area (Å²) in [6.07, 6.45) is 0.280. The maximum atomic E-state index is 12.0. The molecule has 18 heavy (non-hydrogen) atoms. The SMILES string of the molecule is CCN(CC)C(=O)C[C@H](CC(=O)O)c1cccs1. The zero-order chi connectivity index (χ0) is 13.5. The lowest BCUT2D eigenvalue weighted by Gasteiger charge is -2.21. The molecule has 1 heterocycles. The third kappa shape index (κ3) is 4.14. The lowest BCUT2D eigenvalue weighted by atomic mass is 9.98. The van der Waals surface area contributed by atoms with Crippen LogP contribution in [0.15, 0.2) is 17.5 Å². The van der Waals surface area contributed by atoms with E-state index in [9.17, 15) is 9.59 Å². The van der Waals surface area contributed by atoms with Crippen LogP contribution < -0.4 is 0 Å². The van der Waals surface area contributed by atoms with Crippen molar-refractivity contribution in [2.24, 2.45) is 0 Å². The van der Waals surface area contributed by atoms with Gasteiger partial charge >= 0.3 is 5.97 Å². The monoisotopic (exact) mass is 269 g/mol. The molecule has 0 bridgehead atoms. The summed E-state index contributed by atoms with van der Waals surface area (Å²) in [7, 11) is 0.